The molecule has 2 aromatic rings. The first-order valence-electron chi connectivity index (χ1n) is 4.58. The van der Waals surface area contributed by atoms with Crippen LogP contribution in [0.3, 0.4) is 0 Å². The molecule has 0 bridgehead atoms. The molecular formula is C11H11Cl3N2. The molecule has 86 valence electrons. The van der Waals surface area contributed by atoms with Crippen molar-refractivity contribution in [3.63, 3.8) is 0 Å². The lowest BCUT2D eigenvalue weighted by molar-refractivity contribution is 1.18. The second-order valence-corrected chi connectivity index (χ2v) is 3.95. The number of imidazole rings is 1. The lowest BCUT2D eigenvalue weighted by Crippen LogP contribution is -1.82. The molecule has 5 heteroatoms. The highest BCUT2D eigenvalue weighted by molar-refractivity contribution is 6.33. The van der Waals surface area contributed by atoms with Gasteiger partial charge in [0.1, 0.15) is 5.82 Å². The van der Waals surface area contributed by atoms with Crippen LogP contribution in [0.2, 0.25) is 5.02 Å². The van der Waals surface area contributed by atoms with E-state index in [1.54, 1.807) is 0 Å². The largest absolute Gasteiger partial charge is 0.342 e. The van der Waals surface area contributed by atoms with E-state index in [1.165, 1.54) is 0 Å². The Bertz CT molecular complexity index is 480. The summed E-state index contributed by atoms with van der Waals surface area (Å²) >= 11 is 11.8. The van der Waals surface area contributed by atoms with Crippen molar-refractivity contribution in [2.24, 2.45) is 0 Å². The fraction of sp³-hybridized carbons (Fsp3) is 0.182. The van der Waals surface area contributed by atoms with Gasteiger partial charge in [0.25, 0.3) is 0 Å². The second kappa shape index (κ2) is 5.58. The predicted octanol–water partition coefficient (Wildman–Crippen LogP) is 4.20. The molecule has 2 rings (SSSR count). The van der Waals surface area contributed by atoms with Crippen molar-refractivity contribution in [2.45, 2.75) is 12.8 Å². The van der Waals surface area contributed by atoms with Crippen molar-refractivity contribution in [2.75, 3.05) is 0 Å². The van der Waals surface area contributed by atoms with Crippen LogP contribution < -0.4 is 0 Å². The molecule has 0 fully saturated rings. The molecule has 16 heavy (non-hydrogen) atoms. The van der Waals surface area contributed by atoms with Gasteiger partial charge in [0, 0.05) is 11.3 Å². The number of nitrogens with zero attached hydrogens (tertiary/aromatic N) is 1. The number of aromatic amines is 1. The van der Waals surface area contributed by atoms with Gasteiger partial charge in [0.05, 0.1) is 16.6 Å². The summed E-state index contributed by atoms with van der Waals surface area (Å²) in [7, 11) is 0. The van der Waals surface area contributed by atoms with Crippen molar-refractivity contribution >= 4 is 35.6 Å². The van der Waals surface area contributed by atoms with Gasteiger partial charge in [-0.25, -0.2) is 4.98 Å². The molecule has 1 heterocycles. The van der Waals surface area contributed by atoms with Crippen LogP contribution in [0.1, 0.15) is 11.4 Å². The third-order valence-corrected chi connectivity index (χ3v) is 2.82. The topological polar surface area (TPSA) is 28.7 Å². The Morgan fingerprint density at radius 2 is 2.00 bits per heavy atom. The number of aryl methyl sites for hydroxylation is 1. The number of hydrogen-bond acceptors (Lipinski definition) is 1. The van der Waals surface area contributed by atoms with Gasteiger partial charge in [-0.15, -0.1) is 24.0 Å². The number of aromatic nitrogens is 2. The van der Waals surface area contributed by atoms with E-state index >= 15 is 0 Å². The quantitative estimate of drug-likeness (QED) is 0.819. The molecule has 0 spiro atoms. The van der Waals surface area contributed by atoms with E-state index in [-0.39, 0.29) is 12.4 Å². The van der Waals surface area contributed by atoms with Crippen molar-refractivity contribution in [1.82, 2.24) is 9.97 Å². The molecule has 0 amide bonds. The van der Waals surface area contributed by atoms with Crippen molar-refractivity contribution < 1.29 is 0 Å². The van der Waals surface area contributed by atoms with E-state index < -0.39 is 0 Å². The standard InChI is InChI=1S/C11H10Cl2N2.ClH/c1-7-10(6-12)15-11(14-7)8-4-2-3-5-9(8)13;/h2-5H,6H2,1H3,(H,14,15);1H. The SMILES string of the molecule is Cc1[nH]c(-c2ccccc2Cl)nc1CCl.Cl. The summed E-state index contributed by atoms with van der Waals surface area (Å²) in [6.45, 7) is 1.95. The molecule has 0 radical (unpaired) electrons. The number of rotatable bonds is 2. The average Bonchev–Trinajstić information content (AvgIpc) is 2.60. The Balaban J connectivity index is 0.00000128. The molecule has 2 nitrogen and oxygen atoms in total. The van der Waals surface area contributed by atoms with Crippen LogP contribution in [0.5, 0.6) is 0 Å². The summed E-state index contributed by atoms with van der Waals surface area (Å²) < 4.78 is 0. The first-order valence-corrected chi connectivity index (χ1v) is 5.50. The lowest BCUT2D eigenvalue weighted by Gasteiger charge is -1.98. The van der Waals surface area contributed by atoms with Gasteiger partial charge in [-0.1, -0.05) is 23.7 Å². The van der Waals surface area contributed by atoms with Gasteiger partial charge in [0.15, 0.2) is 0 Å². The monoisotopic (exact) mass is 276 g/mol. The van der Waals surface area contributed by atoms with Crippen molar-refractivity contribution in [1.29, 1.82) is 0 Å². The number of H-pyrrole nitrogens is 1. The molecule has 0 saturated carbocycles. The summed E-state index contributed by atoms with van der Waals surface area (Å²) in [4.78, 5) is 7.56. The molecular weight excluding hydrogens is 266 g/mol. The van der Waals surface area contributed by atoms with Crippen LogP contribution in [0.4, 0.5) is 0 Å². The highest BCUT2D eigenvalue weighted by Gasteiger charge is 2.09. The zero-order valence-corrected chi connectivity index (χ0v) is 11.0. The van der Waals surface area contributed by atoms with Gasteiger partial charge >= 0.3 is 0 Å². The van der Waals surface area contributed by atoms with E-state index in [9.17, 15) is 0 Å². The van der Waals surface area contributed by atoms with Gasteiger partial charge in [-0.05, 0) is 19.1 Å². The summed E-state index contributed by atoms with van der Waals surface area (Å²) in [5.74, 6) is 1.18. The minimum Gasteiger partial charge on any atom is -0.342 e. The molecule has 1 N–H and O–H groups in total. The molecule has 0 saturated heterocycles. The predicted molar refractivity (Wildman–Crippen MR) is 70.6 cm³/mol. The third-order valence-electron chi connectivity index (χ3n) is 2.24. The van der Waals surface area contributed by atoms with Crippen LogP contribution in [-0.2, 0) is 5.88 Å². The maximum Gasteiger partial charge on any atom is 0.139 e. The Morgan fingerprint density at radius 3 is 2.56 bits per heavy atom. The molecule has 1 aromatic carbocycles. The molecule has 0 atom stereocenters. The van der Waals surface area contributed by atoms with Crippen LogP contribution >= 0.6 is 35.6 Å². The van der Waals surface area contributed by atoms with E-state index in [1.807, 2.05) is 31.2 Å². The minimum atomic E-state index is 0. The Labute approximate surface area is 110 Å². The summed E-state index contributed by atoms with van der Waals surface area (Å²) in [6, 6.07) is 7.59. The smallest absolute Gasteiger partial charge is 0.139 e. The van der Waals surface area contributed by atoms with E-state index in [0.29, 0.717) is 10.9 Å². The molecule has 0 aliphatic carbocycles. The van der Waals surface area contributed by atoms with E-state index in [0.717, 1.165) is 22.8 Å². The summed E-state index contributed by atoms with van der Waals surface area (Å²) in [5, 5.41) is 0.687. The fourth-order valence-electron chi connectivity index (χ4n) is 1.41. The minimum absolute atomic E-state index is 0. The molecule has 1 aromatic heterocycles. The molecule has 0 unspecified atom stereocenters. The highest BCUT2D eigenvalue weighted by Crippen LogP contribution is 2.26. The van der Waals surface area contributed by atoms with Gasteiger partial charge in [-0.3, -0.25) is 0 Å². The van der Waals surface area contributed by atoms with E-state index in [4.69, 9.17) is 23.2 Å². The highest BCUT2D eigenvalue weighted by atomic mass is 35.5. The number of benzene rings is 1. The van der Waals surface area contributed by atoms with Gasteiger partial charge in [-0.2, -0.15) is 0 Å². The van der Waals surface area contributed by atoms with Gasteiger partial charge in [0.2, 0.25) is 0 Å². The maximum absolute atomic E-state index is 6.07. The second-order valence-electron chi connectivity index (χ2n) is 3.27. The fourth-order valence-corrected chi connectivity index (χ4v) is 1.89. The van der Waals surface area contributed by atoms with Crippen molar-refractivity contribution in [3.05, 3.63) is 40.7 Å². The number of nitrogens with one attached hydrogen (secondary N) is 1. The normalized spacial score (nSPS) is 9.94. The molecule has 0 aliphatic rings. The maximum atomic E-state index is 6.07. The van der Waals surface area contributed by atoms with Crippen LogP contribution in [-0.4, -0.2) is 9.97 Å². The lowest BCUT2D eigenvalue weighted by atomic mass is 10.2. The average molecular weight is 278 g/mol. The Kier molecular flexibility index (Phi) is 4.66. The van der Waals surface area contributed by atoms with Crippen LogP contribution in [0, 0.1) is 6.92 Å². The first kappa shape index (κ1) is 13.4. The van der Waals surface area contributed by atoms with E-state index in [2.05, 4.69) is 9.97 Å². The zero-order chi connectivity index (χ0) is 10.8. The summed E-state index contributed by atoms with van der Waals surface area (Å²) in [5.41, 5.74) is 2.75. The summed E-state index contributed by atoms with van der Waals surface area (Å²) in [6.07, 6.45) is 0. The van der Waals surface area contributed by atoms with Crippen LogP contribution in [0.25, 0.3) is 11.4 Å². The molecule has 0 aliphatic heterocycles. The Morgan fingerprint density at radius 1 is 1.31 bits per heavy atom. The zero-order valence-electron chi connectivity index (χ0n) is 8.63. The Hall–Kier alpha value is -0.700. The number of hydrogen-bond donors (Lipinski definition) is 1. The number of halogens is 3. The van der Waals surface area contributed by atoms with Gasteiger partial charge < -0.3 is 4.98 Å². The van der Waals surface area contributed by atoms with Crippen molar-refractivity contribution in [3.8, 4) is 11.4 Å². The number of alkyl halides is 1. The first-order chi connectivity index (χ1) is 7.22. The third kappa shape index (κ3) is 2.51. The van der Waals surface area contributed by atoms with Crippen LogP contribution in [0.15, 0.2) is 24.3 Å².